The summed E-state index contributed by atoms with van der Waals surface area (Å²) in [5, 5.41) is 0. The highest BCUT2D eigenvalue weighted by Crippen LogP contribution is 2.22. The molecule has 1 heterocycles. The lowest BCUT2D eigenvalue weighted by Crippen LogP contribution is -2.25. The fourth-order valence-electron chi connectivity index (χ4n) is 2.09. The van der Waals surface area contributed by atoms with E-state index in [0.717, 1.165) is 37.4 Å². The molecule has 0 amide bonds. The minimum atomic E-state index is 0.849. The number of imidazole rings is 1. The molecule has 0 radical (unpaired) electrons. The molecule has 0 fully saturated rings. The van der Waals surface area contributed by atoms with E-state index in [1.165, 1.54) is 0 Å². The van der Waals surface area contributed by atoms with Gasteiger partial charge in [-0.3, -0.25) is 0 Å². The van der Waals surface area contributed by atoms with Crippen molar-refractivity contribution >= 4 is 11.4 Å². The molecule has 0 saturated carbocycles. The maximum absolute atomic E-state index is 6.01. The summed E-state index contributed by atoms with van der Waals surface area (Å²) in [6.07, 6.45) is 6.74. The molecule has 0 saturated heterocycles. The van der Waals surface area contributed by atoms with Crippen molar-refractivity contribution in [2.75, 3.05) is 23.7 Å². The van der Waals surface area contributed by atoms with Crippen LogP contribution in [-0.4, -0.2) is 22.6 Å². The third-order valence-corrected chi connectivity index (χ3v) is 3.06. The number of rotatable bonds is 6. The van der Waals surface area contributed by atoms with Crippen LogP contribution in [0.15, 0.2) is 43.0 Å². The second-order valence-corrected chi connectivity index (χ2v) is 4.29. The number of hydrogen-bond donors (Lipinski definition) is 1. The van der Waals surface area contributed by atoms with E-state index >= 15 is 0 Å². The third-order valence-electron chi connectivity index (χ3n) is 3.06. The second-order valence-electron chi connectivity index (χ2n) is 4.29. The van der Waals surface area contributed by atoms with Crippen LogP contribution in [0, 0.1) is 0 Å². The van der Waals surface area contributed by atoms with Gasteiger partial charge >= 0.3 is 0 Å². The first-order chi connectivity index (χ1) is 8.81. The van der Waals surface area contributed by atoms with E-state index in [4.69, 9.17) is 5.73 Å². The summed E-state index contributed by atoms with van der Waals surface area (Å²) in [4.78, 5) is 6.35. The average molecular weight is 244 g/mol. The maximum atomic E-state index is 6.01. The summed E-state index contributed by atoms with van der Waals surface area (Å²) in [6, 6.07) is 8.03. The van der Waals surface area contributed by atoms with E-state index < -0.39 is 0 Å². The number of aryl methyl sites for hydroxylation is 1. The lowest BCUT2D eigenvalue weighted by molar-refractivity contribution is 0.627. The highest BCUT2D eigenvalue weighted by Gasteiger charge is 2.06. The Kier molecular flexibility index (Phi) is 4.23. The molecule has 2 rings (SSSR count). The number of para-hydroxylation sites is 2. The predicted octanol–water partition coefficient (Wildman–Crippen LogP) is 2.38. The fraction of sp³-hybridized carbons (Fsp3) is 0.357. The van der Waals surface area contributed by atoms with Gasteiger partial charge in [-0.05, 0) is 25.5 Å². The third kappa shape index (κ3) is 3.03. The van der Waals surface area contributed by atoms with Gasteiger partial charge in [0.05, 0.1) is 17.7 Å². The predicted molar refractivity (Wildman–Crippen MR) is 75.6 cm³/mol. The summed E-state index contributed by atoms with van der Waals surface area (Å²) < 4.78 is 2.10. The lowest BCUT2D eigenvalue weighted by Gasteiger charge is -2.24. The standard InChI is InChI=1S/C14H20N4/c1-2-18(14-7-4-3-6-13(14)15)10-5-9-17-11-8-16-12-17/h3-4,6-8,11-12H,2,5,9-10,15H2,1H3. The zero-order chi connectivity index (χ0) is 12.8. The molecule has 0 aliphatic rings. The van der Waals surface area contributed by atoms with Gasteiger partial charge in [0.1, 0.15) is 0 Å². The first-order valence-electron chi connectivity index (χ1n) is 6.36. The van der Waals surface area contributed by atoms with Crippen molar-refractivity contribution < 1.29 is 0 Å². The Labute approximate surface area is 108 Å². The molecule has 0 spiro atoms. The van der Waals surface area contributed by atoms with E-state index in [1.54, 1.807) is 0 Å². The van der Waals surface area contributed by atoms with Gasteiger partial charge in [-0.25, -0.2) is 4.98 Å². The monoisotopic (exact) mass is 244 g/mol. The van der Waals surface area contributed by atoms with Gasteiger partial charge in [-0.15, -0.1) is 0 Å². The van der Waals surface area contributed by atoms with Crippen LogP contribution < -0.4 is 10.6 Å². The molecule has 0 aliphatic carbocycles. The van der Waals surface area contributed by atoms with Gasteiger partial charge < -0.3 is 15.2 Å². The van der Waals surface area contributed by atoms with Gasteiger partial charge in [0.15, 0.2) is 0 Å². The van der Waals surface area contributed by atoms with Crippen molar-refractivity contribution in [3.8, 4) is 0 Å². The molecule has 1 aromatic carbocycles. The van der Waals surface area contributed by atoms with E-state index in [-0.39, 0.29) is 0 Å². The minimum Gasteiger partial charge on any atom is -0.397 e. The summed E-state index contributed by atoms with van der Waals surface area (Å²) in [6.45, 7) is 5.12. The van der Waals surface area contributed by atoms with Crippen molar-refractivity contribution in [1.29, 1.82) is 0 Å². The Morgan fingerprint density at radius 3 is 2.83 bits per heavy atom. The van der Waals surface area contributed by atoms with Gasteiger partial charge in [0.25, 0.3) is 0 Å². The first kappa shape index (κ1) is 12.5. The molecule has 96 valence electrons. The van der Waals surface area contributed by atoms with Crippen LogP contribution in [-0.2, 0) is 6.54 Å². The zero-order valence-corrected chi connectivity index (χ0v) is 10.8. The number of benzene rings is 1. The Bertz CT molecular complexity index is 464. The number of nitrogens with two attached hydrogens (primary N) is 1. The average Bonchev–Trinajstić information content (AvgIpc) is 2.89. The van der Waals surface area contributed by atoms with E-state index in [9.17, 15) is 0 Å². The highest BCUT2D eigenvalue weighted by atomic mass is 15.1. The van der Waals surface area contributed by atoms with Gasteiger partial charge in [0, 0.05) is 32.0 Å². The number of nitrogen functional groups attached to an aromatic ring is 1. The maximum Gasteiger partial charge on any atom is 0.0945 e. The molecule has 4 heteroatoms. The molecule has 0 atom stereocenters. The summed E-state index contributed by atoms with van der Waals surface area (Å²) in [7, 11) is 0. The Balaban J connectivity index is 1.91. The number of nitrogens with zero attached hydrogens (tertiary/aromatic N) is 3. The molecule has 0 unspecified atom stereocenters. The Hall–Kier alpha value is -1.97. The number of hydrogen-bond acceptors (Lipinski definition) is 3. The van der Waals surface area contributed by atoms with Crippen molar-refractivity contribution in [2.24, 2.45) is 0 Å². The smallest absolute Gasteiger partial charge is 0.0945 e. The van der Waals surface area contributed by atoms with Crippen molar-refractivity contribution in [2.45, 2.75) is 19.9 Å². The van der Waals surface area contributed by atoms with Gasteiger partial charge in [0.2, 0.25) is 0 Å². The summed E-state index contributed by atoms with van der Waals surface area (Å²) in [5.74, 6) is 0. The molecule has 18 heavy (non-hydrogen) atoms. The van der Waals surface area contributed by atoms with Crippen LogP contribution >= 0.6 is 0 Å². The molecular weight excluding hydrogens is 224 g/mol. The van der Waals surface area contributed by atoms with Crippen LogP contribution in [0.1, 0.15) is 13.3 Å². The molecule has 4 nitrogen and oxygen atoms in total. The SMILES string of the molecule is CCN(CCCn1ccnc1)c1ccccc1N. The molecule has 2 N–H and O–H groups in total. The topological polar surface area (TPSA) is 47.1 Å². The minimum absolute atomic E-state index is 0.849. The van der Waals surface area contributed by atoms with E-state index in [1.807, 2.05) is 36.9 Å². The molecule has 1 aromatic heterocycles. The highest BCUT2D eigenvalue weighted by molar-refractivity contribution is 5.67. The van der Waals surface area contributed by atoms with Crippen molar-refractivity contribution in [1.82, 2.24) is 9.55 Å². The normalized spacial score (nSPS) is 10.5. The van der Waals surface area contributed by atoms with Crippen LogP contribution in [0.4, 0.5) is 11.4 Å². The van der Waals surface area contributed by atoms with Crippen LogP contribution in [0.5, 0.6) is 0 Å². The number of anilines is 2. The fourth-order valence-corrected chi connectivity index (χ4v) is 2.09. The Morgan fingerprint density at radius 2 is 2.17 bits per heavy atom. The van der Waals surface area contributed by atoms with E-state index in [0.29, 0.717) is 0 Å². The van der Waals surface area contributed by atoms with Crippen LogP contribution in [0.3, 0.4) is 0 Å². The second kappa shape index (κ2) is 6.10. The Morgan fingerprint density at radius 1 is 1.33 bits per heavy atom. The van der Waals surface area contributed by atoms with E-state index in [2.05, 4.69) is 27.4 Å². The molecule has 0 bridgehead atoms. The quantitative estimate of drug-likeness (QED) is 0.794. The molecule has 2 aromatic rings. The largest absolute Gasteiger partial charge is 0.397 e. The van der Waals surface area contributed by atoms with Crippen LogP contribution in [0.2, 0.25) is 0 Å². The first-order valence-corrected chi connectivity index (χ1v) is 6.36. The van der Waals surface area contributed by atoms with Crippen molar-refractivity contribution in [3.63, 3.8) is 0 Å². The lowest BCUT2D eigenvalue weighted by atomic mass is 10.2. The van der Waals surface area contributed by atoms with Crippen molar-refractivity contribution in [3.05, 3.63) is 43.0 Å². The molecular formula is C14H20N4. The van der Waals surface area contributed by atoms with Crippen LogP contribution in [0.25, 0.3) is 0 Å². The number of aromatic nitrogens is 2. The molecule has 0 aliphatic heterocycles. The van der Waals surface area contributed by atoms with Gasteiger partial charge in [-0.1, -0.05) is 12.1 Å². The summed E-state index contributed by atoms with van der Waals surface area (Å²) in [5.41, 5.74) is 7.99. The van der Waals surface area contributed by atoms with Gasteiger partial charge in [-0.2, -0.15) is 0 Å². The zero-order valence-electron chi connectivity index (χ0n) is 10.8. The summed E-state index contributed by atoms with van der Waals surface area (Å²) >= 11 is 0.